The molecular weight excluding hydrogens is 590 g/mol. The second kappa shape index (κ2) is 14.8. The summed E-state index contributed by atoms with van der Waals surface area (Å²) in [4.78, 5) is 40.3. The van der Waals surface area contributed by atoms with Gasteiger partial charge in [-0.3, -0.25) is 9.59 Å². The highest BCUT2D eigenvalue weighted by atomic mass is 16.3. The van der Waals surface area contributed by atoms with Gasteiger partial charge in [0.05, 0.1) is 30.3 Å². The third-order valence-corrected chi connectivity index (χ3v) is 9.66. The molecule has 4 N–H and O–H groups in total. The minimum atomic E-state index is -0.824. The van der Waals surface area contributed by atoms with Gasteiger partial charge >= 0.3 is 0 Å². The van der Waals surface area contributed by atoms with Crippen molar-refractivity contribution in [3.05, 3.63) is 147 Å². The number of aliphatic hydroxyl groups excluding tert-OH is 2. The Morgan fingerprint density at radius 2 is 1.00 bits per heavy atom. The van der Waals surface area contributed by atoms with E-state index in [1.165, 1.54) is 0 Å². The molecule has 0 fully saturated rings. The molecule has 4 aromatic rings. The number of carbonyl (C=O) groups is 2. The van der Waals surface area contributed by atoms with Crippen molar-refractivity contribution in [2.45, 2.75) is 68.9 Å². The summed E-state index contributed by atoms with van der Waals surface area (Å²) in [6, 6.07) is 32.7. The van der Waals surface area contributed by atoms with E-state index in [0.717, 1.165) is 33.4 Å². The third-order valence-electron chi connectivity index (χ3n) is 9.66. The van der Waals surface area contributed by atoms with Gasteiger partial charge in [-0.1, -0.05) is 114 Å². The Bertz CT molecular complexity index is 1560. The lowest BCUT2D eigenvalue weighted by Crippen LogP contribution is -2.41. The van der Waals surface area contributed by atoms with E-state index < -0.39 is 42.2 Å². The summed E-state index contributed by atoms with van der Waals surface area (Å²) in [5.41, 5.74) is 5.68. The van der Waals surface area contributed by atoms with E-state index in [2.05, 4.69) is 15.8 Å². The van der Waals surface area contributed by atoms with Crippen LogP contribution in [0, 0.1) is 16.7 Å². The van der Waals surface area contributed by atoms with Crippen LogP contribution in [0.4, 0.5) is 0 Å². The fourth-order valence-corrected chi connectivity index (χ4v) is 7.24. The highest BCUT2D eigenvalue weighted by Gasteiger charge is 2.37. The van der Waals surface area contributed by atoms with Crippen LogP contribution in [0.3, 0.4) is 0 Å². The molecule has 47 heavy (non-hydrogen) atoms. The minimum absolute atomic E-state index is 0.141. The first-order valence-corrected chi connectivity index (χ1v) is 16.4. The van der Waals surface area contributed by atoms with Crippen LogP contribution >= 0.6 is 0 Å². The largest absolute Gasteiger partial charge is 0.390 e. The highest BCUT2D eigenvalue weighted by Crippen LogP contribution is 2.34. The van der Waals surface area contributed by atoms with Crippen molar-refractivity contribution in [1.29, 1.82) is 0 Å². The van der Waals surface area contributed by atoms with Gasteiger partial charge in [0.15, 0.2) is 0 Å². The number of carbonyl (C=O) groups excluding carboxylic acids is 2. The van der Waals surface area contributed by atoms with E-state index >= 15 is 0 Å². The fourth-order valence-electron chi connectivity index (χ4n) is 7.24. The molecule has 0 aliphatic heterocycles. The average Bonchev–Trinajstić information content (AvgIpc) is 3.58. The SMILES string of the molecule is O=NC(CC(Cc1ccccc1)C(=O)NC1c2ccccc2CC1O)CC(Cc1ccccc1)C(=O)NC1c2ccccc2CC1O. The van der Waals surface area contributed by atoms with E-state index in [1.807, 2.05) is 109 Å². The second-order valence-electron chi connectivity index (χ2n) is 12.9. The van der Waals surface area contributed by atoms with E-state index in [1.54, 1.807) is 0 Å². The Hall–Kier alpha value is -4.66. The van der Waals surface area contributed by atoms with Crippen LogP contribution in [-0.4, -0.2) is 40.3 Å². The van der Waals surface area contributed by atoms with Gasteiger partial charge in [0.2, 0.25) is 11.8 Å². The lowest BCUT2D eigenvalue weighted by Gasteiger charge is -2.26. The van der Waals surface area contributed by atoms with Crippen molar-refractivity contribution in [2.24, 2.45) is 17.0 Å². The number of amides is 2. The summed E-state index contributed by atoms with van der Waals surface area (Å²) < 4.78 is 0. The predicted molar refractivity (Wildman–Crippen MR) is 180 cm³/mol. The summed E-state index contributed by atoms with van der Waals surface area (Å²) in [7, 11) is 0. The molecule has 0 bridgehead atoms. The molecule has 0 heterocycles. The summed E-state index contributed by atoms with van der Waals surface area (Å²) in [6.07, 6.45) is 0.462. The quantitative estimate of drug-likeness (QED) is 0.152. The number of nitroso groups, excluding NO2 is 1. The number of aliphatic hydroxyl groups is 2. The van der Waals surface area contributed by atoms with Crippen LogP contribution in [0.2, 0.25) is 0 Å². The lowest BCUT2D eigenvalue weighted by molar-refractivity contribution is -0.127. The van der Waals surface area contributed by atoms with Crippen LogP contribution in [0.1, 0.15) is 58.3 Å². The number of hydrogen-bond donors (Lipinski definition) is 4. The van der Waals surface area contributed by atoms with E-state index in [9.17, 15) is 24.7 Å². The fraction of sp³-hybridized carbons (Fsp3) is 0.333. The number of nitrogens with one attached hydrogen (secondary N) is 2. The Labute approximate surface area is 275 Å². The molecule has 0 aromatic heterocycles. The molecule has 4 aromatic carbocycles. The van der Waals surface area contributed by atoms with Crippen LogP contribution in [0.25, 0.3) is 0 Å². The van der Waals surface area contributed by atoms with Crippen molar-refractivity contribution in [1.82, 2.24) is 10.6 Å². The molecule has 6 atom stereocenters. The summed E-state index contributed by atoms with van der Waals surface area (Å²) in [5, 5.41) is 31.3. The topological polar surface area (TPSA) is 128 Å². The molecule has 0 saturated heterocycles. The number of benzene rings is 4. The molecule has 2 aliphatic rings. The first kappa shape index (κ1) is 32.3. The molecule has 2 amide bonds. The number of hydrogen-bond acceptors (Lipinski definition) is 6. The Balaban J connectivity index is 1.22. The Kier molecular flexibility index (Phi) is 10.2. The van der Waals surface area contributed by atoms with Crippen LogP contribution in [-0.2, 0) is 35.3 Å². The molecule has 6 rings (SSSR count). The maximum Gasteiger partial charge on any atom is 0.224 e. The monoisotopic (exact) mass is 631 g/mol. The average molecular weight is 632 g/mol. The molecule has 0 saturated carbocycles. The maximum absolute atomic E-state index is 13.9. The number of rotatable bonds is 13. The third kappa shape index (κ3) is 7.67. The molecule has 0 spiro atoms. The highest BCUT2D eigenvalue weighted by molar-refractivity contribution is 5.81. The van der Waals surface area contributed by atoms with Gasteiger partial charge < -0.3 is 20.8 Å². The molecule has 6 unspecified atom stereocenters. The predicted octanol–water partition coefficient (Wildman–Crippen LogP) is 5.17. The van der Waals surface area contributed by atoms with Crippen molar-refractivity contribution in [2.75, 3.05) is 0 Å². The number of nitrogens with zero attached hydrogens (tertiary/aromatic N) is 1. The van der Waals surface area contributed by atoms with Gasteiger partial charge in [-0.2, -0.15) is 4.91 Å². The zero-order valence-corrected chi connectivity index (χ0v) is 26.2. The van der Waals surface area contributed by atoms with Crippen LogP contribution in [0.15, 0.2) is 114 Å². The lowest BCUT2D eigenvalue weighted by atomic mass is 9.85. The molecule has 8 heteroatoms. The summed E-state index contributed by atoms with van der Waals surface area (Å²) >= 11 is 0. The molecular formula is C39H41N3O5. The molecule has 0 radical (unpaired) electrons. The van der Waals surface area contributed by atoms with Gasteiger partial charge in [-0.15, -0.1) is 0 Å². The minimum Gasteiger partial charge on any atom is -0.390 e. The number of fused-ring (bicyclic) bond motifs is 2. The van der Waals surface area contributed by atoms with Gasteiger partial charge in [-0.05, 0) is 59.1 Å². The van der Waals surface area contributed by atoms with Crippen molar-refractivity contribution >= 4 is 11.8 Å². The van der Waals surface area contributed by atoms with Gasteiger partial charge in [-0.25, -0.2) is 0 Å². The first-order valence-electron chi connectivity index (χ1n) is 16.4. The summed E-state index contributed by atoms with van der Waals surface area (Å²) in [6.45, 7) is 0. The maximum atomic E-state index is 13.9. The smallest absolute Gasteiger partial charge is 0.224 e. The normalized spacial score (nSPS) is 21.6. The van der Waals surface area contributed by atoms with Gasteiger partial charge in [0.1, 0.15) is 0 Å². The molecule has 8 nitrogen and oxygen atoms in total. The standard InChI is InChI=1S/C39H41N3O5/c43-34-23-27-15-7-9-17-32(27)36(34)40-38(45)29(19-25-11-3-1-4-12-25)21-31(42-47)22-30(20-26-13-5-2-6-14-26)39(46)41-37-33-18-10-8-16-28(33)24-35(37)44/h1-18,29-31,34-37,43-44H,19-24H2,(H,40,45)(H,41,46). The van der Waals surface area contributed by atoms with E-state index in [0.29, 0.717) is 25.7 Å². The van der Waals surface area contributed by atoms with E-state index in [-0.39, 0.29) is 24.7 Å². The van der Waals surface area contributed by atoms with Crippen LogP contribution < -0.4 is 10.6 Å². The first-order chi connectivity index (χ1) is 22.9. The molecule has 242 valence electrons. The van der Waals surface area contributed by atoms with Gasteiger partial charge in [0.25, 0.3) is 0 Å². The van der Waals surface area contributed by atoms with Crippen LogP contribution in [0.5, 0.6) is 0 Å². The molecule has 2 aliphatic carbocycles. The Morgan fingerprint density at radius 1 is 0.617 bits per heavy atom. The zero-order chi connectivity index (χ0) is 32.8. The van der Waals surface area contributed by atoms with E-state index in [4.69, 9.17) is 0 Å². The van der Waals surface area contributed by atoms with Crippen molar-refractivity contribution in [3.8, 4) is 0 Å². The van der Waals surface area contributed by atoms with Crippen molar-refractivity contribution in [3.63, 3.8) is 0 Å². The van der Waals surface area contributed by atoms with Crippen molar-refractivity contribution < 1.29 is 19.8 Å². The summed E-state index contributed by atoms with van der Waals surface area (Å²) in [5.74, 6) is -1.77. The second-order valence-corrected chi connectivity index (χ2v) is 12.9. The zero-order valence-electron chi connectivity index (χ0n) is 26.2. The Morgan fingerprint density at radius 3 is 1.40 bits per heavy atom. The van der Waals surface area contributed by atoms with Gasteiger partial charge in [0, 0.05) is 24.7 Å².